The number of phosphoric acid groups is 2. The Kier molecular flexibility index (Phi) is 71.8. The molecule has 0 spiro atoms. The molecule has 0 aromatic rings. The van der Waals surface area contributed by atoms with Gasteiger partial charge in [0.15, 0.2) is 12.2 Å². The Hall–Kier alpha value is -1.94. The second-order valence-electron chi connectivity index (χ2n) is 31.1. The number of ether oxygens (including phenoxy) is 4. The lowest BCUT2D eigenvalue weighted by Crippen LogP contribution is -2.30. The van der Waals surface area contributed by atoms with Gasteiger partial charge >= 0.3 is 39.5 Å². The highest BCUT2D eigenvalue weighted by atomic mass is 31.2. The number of phosphoric ester groups is 2. The number of rotatable bonds is 81. The van der Waals surface area contributed by atoms with E-state index < -0.39 is 97.5 Å². The van der Waals surface area contributed by atoms with Gasteiger partial charge in [-0.15, -0.1) is 0 Å². The lowest BCUT2D eigenvalue weighted by molar-refractivity contribution is -0.161. The molecule has 606 valence electrons. The van der Waals surface area contributed by atoms with Crippen LogP contribution in [0.4, 0.5) is 0 Å². The summed E-state index contributed by atoms with van der Waals surface area (Å²) in [5.74, 6) is 0.320. The van der Waals surface area contributed by atoms with Crippen LogP contribution in [0.15, 0.2) is 0 Å². The molecule has 0 radical (unpaired) electrons. The van der Waals surface area contributed by atoms with Crippen molar-refractivity contribution in [2.24, 2.45) is 17.8 Å². The van der Waals surface area contributed by atoms with Crippen molar-refractivity contribution in [3.63, 3.8) is 0 Å². The van der Waals surface area contributed by atoms with E-state index >= 15 is 0 Å². The second kappa shape index (κ2) is 73.2. The summed E-state index contributed by atoms with van der Waals surface area (Å²) in [5, 5.41) is 10.6. The third-order valence-corrected chi connectivity index (χ3v) is 21.6. The first-order valence-corrected chi connectivity index (χ1v) is 45.9. The predicted octanol–water partition coefficient (Wildman–Crippen LogP) is 24.9. The van der Waals surface area contributed by atoms with Gasteiger partial charge in [-0.3, -0.25) is 37.3 Å². The Morgan fingerprint density at radius 2 is 0.500 bits per heavy atom. The maximum Gasteiger partial charge on any atom is 0.472 e. The highest BCUT2D eigenvalue weighted by molar-refractivity contribution is 7.47. The first-order chi connectivity index (χ1) is 49.3. The third-order valence-electron chi connectivity index (χ3n) is 19.7. The molecule has 0 aliphatic carbocycles. The lowest BCUT2D eigenvalue weighted by atomic mass is 9.99. The minimum absolute atomic E-state index is 0.106. The molecule has 6 atom stereocenters. The fourth-order valence-electron chi connectivity index (χ4n) is 12.8. The van der Waals surface area contributed by atoms with E-state index in [0.717, 1.165) is 108 Å². The van der Waals surface area contributed by atoms with Crippen molar-refractivity contribution in [2.75, 3.05) is 39.6 Å². The molecule has 0 saturated heterocycles. The van der Waals surface area contributed by atoms with E-state index in [1.807, 2.05) is 0 Å². The van der Waals surface area contributed by atoms with Crippen molar-refractivity contribution in [2.45, 2.75) is 452 Å². The number of carbonyl (C=O) groups excluding carboxylic acids is 4. The average molecular weight is 1490 g/mol. The molecule has 3 N–H and O–H groups in total. The summed E-state index contributed by atoms with van der Waals surface area (Å²) < 4.78 is 68.7. The predicted molar refractivity (Wildman–Crippen MR) is 418 cm³/mol. The van der Waals surface area contributed by atoms with Gasteiger partial charge in [0.05, 0.1) is 26.4 Å². The summed E-state index contributed by atoms with van der Waals surface area (Å²) in [7, 11) is -9.92. The van der Waals surface area contributed by atoms with Crippen LogP contribution in [0.25, 0.3) is 0 Å². The average Bonchev–Trinajstić information content (AvgIpc) is 0.922. The molecule has 0 aliphatic heterocycles. The zero-order chi connectivity index (χ0) is 75.1. The van der Waals surface area contributed by atoms with Crippen molar-refractivity contribution in [1.82, 2.24) is 0 Å². The minimum Gasteiger partial charge on any atom is -0.462 e. The number of carbonyl (C=O) groups is 4. The van der Waals surface area contributed by atoms with E-state index in [1.54, 1.807) is 0 Å². The van der Waals surface area contributed by atoms with Crippen LogP contribution in [0.2, 0.25) is 0 Å². The lowest BCUT2D eigenvalue weighted by Gasteiger charge is -2.21. The zero-order valence-electron chi connectivity index (χ0n) is 67.1. The molecule has 19 heteroatoms. The molecule has 0 rings (SSSR count). The Labute approximate surface area is 626 Å². The second-order valence-corrected chi connectivity index (χ2v) is 34.0. The number of unbranched alkanes of at least 4 members (excludes halogenated alkanes) is 48. The van der Waals surface area contributed by atoms with Gasteiger partial charge < -0.3 is 33.8 Å². The monoisotopic (exact) mass is 1490 g/mol. The van der Waals surface area contributed by atoms with Crippen molar-refractivity contribution in [1.29, 1.82) is 0 Å². The summed E-state index contributed by atoms with van der Waals surface area (Å²) >= 11 is 0. The van der Waals surface area contributed by atoms with Crippen molar-refractivity contribution < 1.29 is 80.2 Å². The van der Waals surface area contributed by atoms with Gasteiger partial charge in [-0.25, -0.2) is 9.13 Å². The largest absolute Gasteiger partial charge is 0.472 e. The standard InChI is InChI=1S/C83H162O17P2/c1-8-10-11-12-13-33-43-50-57-64-80(85)93-70-78(100-83(88)67-60-53-46-39-32-31-36-42-49-56-63-76(7)9-2)72-97-101(89,90)95-68-77(84)69-96-102(91,92)98-73-79(71-94-81(86)65-58-51-44-37-29-25-22-18-20-24-28-35-41-48-55-62-75(5)6)99-82(87)66-59-52-45-38-30-26-21-17-15-14-16-19-23-27-34-40-47-54-61-74(3)4/h74-79,84H,8-73H2,1-7H3,(H,89,90)(H,91,92)/t76?,77-,78+,79+/m0/s1. The van der Waals surface area contributed by atoms with Gasteiger partial charge in [-0.2, -0.15) is 0 Å². The van der Waals surface area contributed by atoms with Crippen LogP contribution in [0.3, 0.4) is 0 Å². The van der Waals surface area contributed by atoms with Gasteiger partial charge in [-0.05, 0) is 43.4 Å². The normalized spacial score (nSPS) is 14.2. The van der Waals surface area contributed by atoms with Gasteiger partial charge in [0.2, 0.25) is 0 Å². The summed E-state index contributed by atoms with van der Waals surface area (Å²) in [5.41, 5.74) is 0. The minimum atomic E-state index is -4.96. The van der Waals surface area contributed by atoms with Crippen LogP contribution in [-0.4, -0.2) is 96.7 Å². The maximum absolute atomic E-state index is 13.1. The highest BCUT2D eigenvalue weighted by Crippen LogP contribution is 2.45. The van der Waals surface area contributed by atoms with Crippen LogP contribution in [0, 0.1) is 17.8 Å². The van der Waals surface area contributed by atoms with E-state index in [2.05, 4.69) is 48.5 Å². The molecular formula is C83H162O17P2. The molecule has 0 aromatic carbocycles. The first-order valence-electron chi connectivity index (χ1n) is 42.9. The first kappa shape index (κ1) is 100. The summed E-state index contributed by atoms with van der Waals surface area (Å²) in [4.78, 5) is 73.0. The van der Waals surface area contributed by atoms with Crippen LogP contribution in [0.1, 0.15) is 434 Å². The van der Waals surface area contributed by atoms with E-state index in [9.17, 15) is 43.2 Å². The number of hydrogen-bond donors (Lipinski definition) is 3. The maximum atomic E-state index is 13.1. The number of hydrogen-bond acceptors (Lipinski definition) is 15. The molecule has 0 fully saturated rings. The van der Waals surface area contributed by atoms with Crippen LogP contribution >= 0.6 is 15.6 Å². The Bertz CT molecular complexity index is 1980. The molecule has 0 aromatic heterocycles. The molecule has 0 aliphatic rings. The van der Waals surface area contributed by atoms with E-state index in [0.29, 0.717) is 25.7 Å². The van der Waals surface area contributed by atoms with E-state index in [4.69, 9.17) is 37.0 Å². The summed E-state index contributed by atoms with van der Waals surface area (Å²) in [6.45, 7) is 12.0. The van der Waals surface area contributed by atoms with Crippen molar-refractivity contribution in [3.05, 3.63) is 0 Å². The molecule has 3 unspecified atom stereocenters. The molecule has 102 heavy (non-hydrogen) atoms. The van der Waals surface area contributed by atoms with Crippen molar-refractivity contribution in [3.8, 4) is 0 Å². The summed E-state index contributed by atoms with van der Waals surface area (Å²) in [6, 6.07) is 0. The van der Waals surface area contributed by atoms with Crippen LogP contribution in [0.5, 0.6) is 0 Å². The fraction of sp³-hybridized carbons (Fsp3) is 0.952. The number of esters is 4. The molecule has 0 amide bonds. The van der Waals surface area contributed by atoms with E-state index in [1.165, 1.54) is 244 Å². The van der Waals surface area contributed by atoms with Gasteiger partial charge in [0, 0.05) is 25.7 Å². The Balaban J connectivity index is 5.21. The quantitative estimate of drug-likeness (QED) is 0.0222. The SMILES string of the molecule is CCCCCCCCCCCC(=O)OC[C@H](COP(=O)(O)OC[C@H](O)COP(=O)(O)OC[C@@H](COC(=O)CCCCCCCCCCCCCCCCCC(C)C)OC(=O)CCCCCCCCCCCCCCCCCCCCC(C)C)OC(=O)CCCCCCCCCCCCC(C)CC. The number of aliphatic hydroxyl groups is 1. The molecule has 0 bridgehead atoms. The van der Waals surface area contributed by atoms with E-state index in [-0.39, 0.29) is 25.7 Å². The molecule has 0 saturated carbocycles. The Morgan fingerprint density at radius 1 is 0.284 bits per heavy atom. The van der Waals surface area contributed by atoms with Gasteiger partial charge in [0.25, 0.3) is 0 Å². The molecule has 17 nitrogen and oxygen atoms in total. The number of aliphatic hydroxyl groups excluding tert-OH is 1. The molecule has 0 heterocycles. The van der Waals surface area contributed by atoms with Crippen LogP contribution in [-0.2, 0) is 65.4 Å². The fourth-order valence-corrected chi connectivity index (χ4v) is 14.4. The third kappa shape index (κ3) is 74.9. The van der Waals surface area contributed by atoms with Gasteiger partial charge in [0.1, 0.15) is 19.3 Å². The molecular weight excluding hydrogens is 1330 g/mol. The topological polar surface area (TPSA) is 237 Å². The van der Waals surface area contributed by atoms with Crippen molar-refractivity contribution >= 4 is 39.5 Å². The van der Waals surface area contributed by atoms with Crippen LogP contribution < -0.4 is 0 Å². The summed E-state index contributed by atoms with van der Waals surface area (Å²) in [6.07, 6.45) is 62.4. The zero-order valence-corrected chi connectivity index (χ0v) is 68.9. The smallest absolute Gasteiger partial charge is 0.462 e. The van der Waals surface area contributed by atoms with Gasteiger partial charge in [-0.1, -0.05) is 382 Å². The Morgan fingerprint density at radius 3 is 0.745 bits per heavy atom. The highest BCUT2D eigenvalue weighted by Gasteiger charge is 2.30.